The van der Waals surface area contributed by atoms with E-state index in [0.717, 1.165) is 12.3 Å². The van der Waals surface area contributed by atoms with Crippen molar-refractivity contribution in [3.05, 3.63) is 11.1 Å². The molecule has 0 aromatic rings. The highest BCUT2D eigenvalue weighted by molar-refractivity contribution is 5.20. The van der Waals surface area contributed by atoms with Crippen LogP contribution in [0.5, 0.6) is 0 Å². The molecule has 1 heterocycles. The summed E-state index contributed by atoms with van der Waals surface area (Å²) in [5, 5.41) is 0. The summed E-state index contributed by atoms with van der Waals surface area (Å²) in [4.78, 5) is 10.3. The van der Waals surface area contributed by atoms with Crippen molar-refractivity contribution in [2.24, 2.45) is 5.92 Å². The zero-order chi connectivity index (χ0) is 8.55. The highest BCUT2D eigenvalue weighted by Gasteiger charge is 2.29. The summed E-state index contributed by atoms with van der Waals surface area (Å²) in [6.07, 6.45) is 3.92. The van der Waals surface area contributed by atoms with Gasteiger partial charge < -0.3 is 0 Å². The molecule has 0 spiro atoms. The van der Waals surface area contributed by atoms with E-state index < -0.39 is 0 Å². The van der Waals surface area contributed by atoms with Crippen LogP contribution in [-0.4, -0.2) is 12.7 Å². The van der Waals surface area contributed by atoms with Gasteiger partial charge in [-0.05, 0) is 43.3 Å². The number of hydrogen-bond acceptors (Lipinski definition) is 2. The molecule has 0 N–H and O–H groups in total. The van der Waals surface area contributed by atoms with Crippen LogP contribution < -0.4 is 0 Å². The zero-order valence-electron chi connectivity index (χ0n) is 7.80. The van der Waals surface area contributed by atoms with Crippen LogP contribution in [-0.2, 0) is 9.78 Å². The van der Waals surface area contributed by atoms with Gasteiger partial charge in [-0.2, -0.15) is 0 Å². The molecule has 0 aromatic carbocycles. The third-order valence-electron chi connectivity index (χ3n) is 2.92. The average molecular weight is 168 g/mol. The normalized spacial score (nSPS) is 36.5. The molecular formula is C10H16O2. The van der Waals surface area contributed by atoms with Crippen LogP contribution in [0, 0.1) is 5.92 Å². The second-order valence-electron chi connectivity index (χ2n) is 4.03. The number of rotatable bonds is 0. The summed E-state index contributed by atoms with van der Waals surface area (Å²) in [5.41, 5.74) is 2.89. The zero-order valence-corrected chi connectivity index (χ0v) is 7.80. The van der Waals surface area contributed by atoms with E-state index in [1.807, 2.05) is 0 Å². The maximum Gasteiger partial charge on any atom is 0.115 e. The molecule has 2 rings (SSSR count). The van der Waals surface area contributed by atoms with Gasteiger partial charge in [0, 0.05) is 0 Å². The summed E-state index contributed by atoms with van der Waals surface area (Å²) in [6.45, 7) is 5.10. The van der Waals surface area contributed by atoms with Crippen molar-refractivity contribution < 1.29 is 9.78 Å². The first-order valence-electron chi connectivity index (χ1n) is 4.74. The SMILES string of the molecule is CC1=C2CCC(C)CC2OOC1. The summed E-state index contributed by atoms with van der Waals surface area (Å²) in [7, 11) is 0. The Kier molecular flexibility index (Phi) is 2.20. The van der Waals surface area contributed by atoms with E-state index in [4.69, 9.17) is 9.78 Å². The van der Waals surface area contributed by atoms with Gasteiger partial charge in [0.1, 0.15) is 12.7 Å². The fourth-order valence-corrected chi connectivity index (χ4v) is 2.07. The molecule has 68 valence electrons. The highest BCUT2D eigenvalue weighted by Crippen LogP contribution is 2.34. The lowest BCUT2D eigenvalue weighted by Crippen LogP contribution is -2.29. The lowest BCUT2D eigenvalue weighted by atomic mass is 9.82. The molecule has 2 aliphatic rings. The third kappa shape index (κ3) is 1.41. The smallest absolute Gasteiger partial charge is 0.115 e. The lowest BCUT2D eigenvalue weighted by molar-refractivity contribution is -0.323. The fraction of sp³-hybridized carbons (Fsp3) is 0.800. The lowest BCUT2D eigenvalue weighted by Gasteiger charge is -2.33. The van der Waals surface area contributed by atoms with Crippen molar-refractivity contribution in [1.29, 1.82) is 0 Å². The molecule has 2 heteroatoms. The van der Waals surface area contributed by atoms with E-state index in [0.29, 0.717) is 6.61 Å². The maximum atomic E-state index is 5.26. The molecule has 0 saturated heterocycles. The van der Waals surface area contributed by atoms with Crippen molar-refractivity contribution in [3.8, 4) is 0 Å². The molecule has 12 heavy (non-hydrogen) atoms. The average Bonchev–Trinajstić information content (AvgIpc) is 2.04. The summed E-state index contributed by atoms with van der Waals surface area (Å²) in [5.74, 6) is 0.785. The molecule has 0 amide bonds. The van der Waals surface area contributed by atoms with Crippen LogP contribution in [0.1, 0.15) is 33.1 Å². The predicted molar refractivity (Wildman–Crippen MR) is 46.5 cm³/mol. The molecule has 1 aliphatic carbocycles. The Bertz CT molecular complexity index is 208. The Morgan fingerprint density at radius 2 is 2.25 bits per heavy atom. The monoisotopic (exact) mass is 168 g/mol. The third-order valence-corrected chi connectivity index (χ3v) is 2.92. The molecule has 0 radical (unpaired) electrons. The van der Waals surface area contributed by atoms with E-state index in [1.165, 1.54) is 24.0 Å². The summed E-state index contributed by atoms with van der Waals surface area (Å²) in [6, 6.07) is 0. The van der Waals surface area contributed by atoms with Crippen molar-refractivity contribution in [1.82, 2.24) is 0 Å². The molecule has 1 aliphatic heterocycles. The van der Waals surface area contributed by atoms with Gasteiger partial charge in [0.2, 0.25) is 0 Å². The van der Waals surface area contributed by atoms with Crippen LogP contribution in [0.2, 0.25) is 0 Å². The van der Waals surface area contributed by atoms with Crippen LogP contribution in [0.4, 0.5) is 0 Å². The van der Waals surface area contributed by atoms with Gasteiger partial charge in [-0.15, -0.1) is 0 Å². The highest BCUT2D eigenvalue weighted by atomic mass is 17.2. The first-order valence-corrected chi connectivity index (χ1v) is 4.74. The topological polar surface area (TPSA) is 18.5 Å². The van der Waals surface area contributed by atoms with E-state index in [9.17, 15) is 0 Å². The molecular weight excluding hydrogens is 152 g/mol. The minimum atomic E-state index is 0.266. The molecule has 2 unspecified atom stereocenters. The molecule has 0 bridgehead atoms. The van der Waals surface area contributed by atoms with Gasteiger partial charge in [-0.25, -0.2) is 9.78 Å². The van der Waals surface area contributed by atoms with Gasteiger partial charge in [0.05, 0.1) is 0 Å². The van der Waals surface area contributed by atoms with Crippen LogP contribution in [0.3, 0.4) is 0 Å². The van der Waals surface area contributed by atoms with Gasteiger partial charge >= 0.3 is 0 Å². The first kappa shape index (κ1) is 8.27. The summed E-state index contributed by atoms with van der Waals surface area (Å²) < 4.78 is 0. The van der Waals surface area contributed by atoms with Gasteiger partial charge in [0.15, 0.2) is 0 Å². The van der Waals surface area contributed by atoms with Crippen molar-refractivity contribution >= 4 is 0 Å². The van der Waals surface area contributed by atoms with Crippen LogP contribution in [0.15, 0.2) is 11.1 Å². The van der Waals surface area contributed by atoms with E-state index in [1.54, 1.807) is 0 Å². The second kappa shape index (κ2) is 3.19. The van der Waals surface area contributed by atoms with Crippen molar-refractivity contribution in [2.45, 2.75) is 39.2 Å². The Hall–Kier alpha value is -0.340. The van der Waals surface area contributed by atoms with E-state index in [-0.39, 0.29) is 6.10 Å². The molecule has 0 aromatic heterocycles. The minimum Gasteiger partial charge on any atom is -0.232 e. The number of hydrogen-bond donors (Lipinski definition) is 0. The fourth-order valence-electron chi connectivity index (χ4n) is 2.07. The van der Waals surface area contributed by atoms with Crippen molar-refractivity contribution in [2.75, 3.05) is 6.61 Å². The maximum absolute atomic E-state index is 5.26. The standard InChI is InChI=1S/C10H16O2/c1-7-3-4-9-8(2)6-11-12-10(9)5-7/h7,10H,3-6H2,1-2H3. The molecule has 2 nitrogen and oxygen atoms in total. The van der Waals surface area contributed by atoms with Crippen LogP contribution >= 0.6 is 0 Å². The molecule has 1 saturated carbocycles. The quantitative estimate of drug-likeness (QED) is 0.408. The van der Waals surface area contributed by atoms with E-state index >= 15 is 0 Å². The van der Waals surface area contributed by atoms with E-state index in [2.05, 4.69) is 13.8 Å². The Balaban J connectivity index is 2.16. The molecule has 2 atom stereocenters. The number of fused-ring (bicyclic) bond motifs is 1. The van der Waals surface area contributed by atoms with Gasteiger partial charge in [-0.1, -0.05) is 6.92 Å². The van der Waals surface area contributed by atoms with Crippen LogP contribution in [0.25, 0.3) is 0 Å². The Morgan fingerprint density at radius 3 is 3.08 bits per heavy atom. The summed E-state index contributed by atoms with van der Waals surface area (Å²) >= 11 is 0. The van der Waals surface area contributed by atoms with Crippen molar-refractivity contribution in [3.63, 3.8) is 0 Å². The van der Waals surface area contributed by atoms with Gasteiger partial charge in [0.25, 0.3) is 0 Å². The second-order valence-corrected chi connectivity index (χ2v) is 4.03. The van der Waals surface area contributed by atoms with Gasteiger partial charge in [-0.3, -0.25) is 0 Å². The predicted octanol–water partition coefficient (Wildman–Crippen LogP) is 2.45. The molecule has 1 fully saturated rings. The Morgan fingerprint density at radius 1 is 1.42 bits per heavy atom. The largest absolute Gasteiger partial charge is 0.232 e. The first-order chi connectivity index (χ1) is 5.77. The Labute approximate surface area is 73.5 Å². The minimum absolute atomic E-state index is 0.266.